The van der Waals surface area contributed by atoms with Crippen LogP contribution in [0.15, 0.2) is 74.9 Å². The number of thioether (sulfide) groups is 1. The van der Waals surface area contributed by atoms with E-state index in [0.717, 1.165) is 30.7 Å². The number of fused-ring (bicyclic) bond motifs is 1. The minimum atomic E-state index is -0.0819. The largest absolute Gasteiger partial charge is 0.339 e. The normalized spacial score (nSPS) is 11.1. The van der Waals surface area contributed by atoms with E-state index in [0.29, 0.717) is 18.1 Å². The molecule has 0 aliphatic rings. The number of carbonyl (C=O) groups is 1. The zero-order chi connectivity index (χ0) is 21.0. The lowest BCUT2D eigenvalue weighted by Gasteiger charge is -2.09. The van der Waals surface area contributed by atoms with Crippen LogP contribution in [0.5, 0.6) is 0 Å². The average Bonchev–Trinajstić information content (AvgIpc) is 3.53. The first kappa shape index (κ1) is 19.9. The van der Waals surface area contributed by atoms with Crippen molar-refractivity contribution in [2.24, 2.45) is 0 Å². The maximum absolute atomic E-state index is 12.6. The first-order valence-corrected chi connectivity index (χ1v) is 12.2. The third kappa shape index (κ3) is 4.68. The van der Waals surface area contributed by atoms with E-state index in [1.54, 1.807) is 22.7 Å². The van der Waals surface area contributed by atoms with Crippen molar-refractivity contribution in [3.8, 4) is 10.7 Å². The standard InChI is InChI=1S/C22H16N4O2S3/c27-19(13-30-22-24-16-8-3-4-9-17(16)31-22)23-15-7-2-1-6-14(15)12-20-25-21(26-28-20)18-10-5-11-29-18/h1-11H,12-13H2,(H,23,27). The number of amides is 1. The molecular weight excluding hydrogens is 448 g/mol. The molecule has 5 rings (SSSR count). The number of nitrogens with zero attached hydrogens (tertiary/aromatic N) is 3. The lowest BCUT2D eigenvalue weighted by Crippen LogP contribution is -2.15. The summed E-state index contributed by atoms with van der Waals surface area (Å²) in [6.07, 6.45) is 0.444. The molecule has 0 saturated carbocycles. The molecule has 0 unspecified atom stereocenters. The molecule has 0 fully saturated rings. The molecule has 3 heterocycles. The molecule has 9 heteroatoms. The summed E-state index contributed by atoms with van der Waals surface area (Å²) in [6, 6.07) is 19.5. The van der Waals surface area contributed by atoms with Gasteiger partial charge >= 0.3 is 0 Å². The van der Waals surface area contributed by atoms with Crippen molar-refractivity contribution in [2.75, 3.05) is 11.1 Å². The number of aromatic nitrogens is 3. The van der Waals surface area contributed by atoms with Crippen LogP contribution in [0.25, 0.3) is 20.9 Å². The SMILES string of the molecule is O=C(CSc1nc2ccccc2s1)Nc1ccccc1Cc1nc(-c2cccs2)no1. The summed E-state index contributed by atoms with van der Waals surface area (Å²) in [5.74, 6) is 1.30. The quantitative estimate of drug-likeness (QED) is 0.310. The van der Waals surface area contributed by atoms with E-state index in [-0.39, 0.29) is 11.7 Å². The molecule has 154 valence electrons. The number of thiophene rings is 1. The van der Waals surface area contributed by atoms with Crippen LogP contribution in [0, 0.1) is 0 Å². The van der Waals surface area contributed by atoms with Gasteiger partial charge in [-0.15, -0.1) is 22.7 Å². The number of hydrogen-bond donors (Lipinski definition) is 1. The minimum absolute atomic E-state index is 0.0819. The van der Waals surface area contributed by atoms with Crippen LogP contribution >= 0.6 is 34.4 Å². The number of nitrogens with one attached hydrogen (secondary N) is 1. The second-order valence-electron chi connectivity index (χ2n) is 6.61. The second-order valence-corrected chi connectivity index (χ2v) is 9.81. The predicted molar refractivity (Wildman–Crippen MR) is 126 cm³/mol. The number of anilines is 1. The second kappa shape index (κ2) is 9.01. The van der Waals surface area contributed by atoms with Crippen LogP contribution in [0.3, 0.4) is 0 Å². The summed E-state index contributed by atoms with van der Waals surface area (Å²) >= 11 is 4.60. The highest BCUT2D eigenvalue weighted by Gasteiger charge is 2.14. The molecule has 1 N–H and O–H groups in total. The highest BCUT2D eigenvalue weighted by Crippen LogP contribution is 2.29. The molecule has 2 aromatic carbocycles. The lowest BCUT2D eigenvalue weighted by molar-refractivity contribution is -0.113. The number of thiazole rings is 1. The van der Waals surface area contributed by atoms with E-state index in [4.69, 9.17) is 4.52 Å². The Bertz CT molecular complexity index is 1290. The Morgan fingerprint density at radius 1 is 1.03 bits per heavy atom. The molecular formula is C22H16N4O2S3. The molecule has 0 aliphatic heterocycles. The van der Waals surface area contributed by atoms with Crippen molar-refractivity contribution in [2.45, 2.75) is 10.8 Å². The van der Waals surface area contributed by atoms with E-state index in [2.05, 4.69) is 20.4 Å². The van der Waals surface area contributed by atoms with Gasteiger partial charge in [0.25, 0.3) is 0 Å². The van der Waals surface area contributed by atoms with Gasteiger partial charge in [0.05, 0.1) is 27.3 Å². The van der Waals surface area contributed by atoms with Crippen molar-refractivity contribution in [1.82, 2.24) is 15.1 Å². The number of benzene rings is 2. The van der Waals surface area contributed by atoms with Gasteiger partial charge in [-0.25, -0.2) is 4.98 Å². The van der Waals surface area contributed by atoms with Gasteiger partial charge in [-0.2, -0.15) is 4.98 Å². The Balaban J connectivity index is 1.24. The average molecular weight is 465 g/mol. The fourth-order valence-corrected chi connectivity index (χ4v) is 5.54. The van der Waals surface area contributed by atoms with Gasteiger partial charge in [-0.3, -0.25) is 4.79 Å². The molecule has 0 aliphatic carbocycles. The summed E-state index contributed by atoms with van der Waals surface area (Å²) in [5.41, 5.74) is 2.62. The summed E-state index contributed by atoms with van der Waals surface area (Å²) in [4.78, 5) is 22.6. The Kier molecular flexibility index (Phi) is 5.79. The van der Waals surface area contributed by atoms with Crippen molar-refractivity contribution in [3.63, 3.8) is 0 Å². The number of carbonyl (C=O) groups excluding carboxylic acids is 1. The minimum Gasteiger partial charge on any atom is -0.339 e. The van der Waals surface area contributed by atoms with E-state index in [1.165, 1.54) is 11.8 Å². The molecule has 0 radical (unpaired) electrons. The van der Waals surface area contributed by atoms with E-state index >= 15 is 0 Å². The summed E-state index contributed by atoms with van der Waals surface area (Å²) in [7, 11) is 0. The number of hydrogen-bond acceptors (Lipinski definition) is 8. The predicted octanol–water partition coefficient (Wildman–Crippen LogP) is 5.73. The molecule has 6 nitrogen and oxygen atoms in total. The van der Waals surface area contributed by atoms with Crippen LogP contribution < -0.4 is 5.32 Å². The van der Waals surface area contributed by atoms with Crippen molar-refractivity contribution < 1.29 is 9.32 Å². The molecule has 31 heavy (non-hydrogen) atoms. The van der Waals surface area contributed by atoms with Crippen molar-refractivity contribution >= 4 is 56.2 Å². The van der Waals surface area contributed by atoms with Crippen molar-refractivity contribution in [1.29, 1.82) is 0 Å². The van der Waals surface area contributed by atoms with Gasteiger partial charge in [0.2, 0.25) is 17.6 Å². The van der Waals surface area contributed by atoms with Crippen LogP contribution in [0.1, 0.15) is 11.5 Å². The Labute approximate surface area is 190 Å². The van der Waals surface area contributed by atoms with Gasteiger partial charge in [0.15, 0.2) is 4.34 Å². The van der Waals surface area contributed by atoms with Gasteiger partial charge in [0.1, 0.15) is 0 Å². The highest BCUT2D eigenvalue weighted by atomic mass is 32.2. The van der Waals surface area contributed by atoms with E-state index < -0.39 is 0 Å². The monoisotopic (exact) mass is 464 g/mol. The van der Waals surface area contributed by atoms with Gasteiger partial charge in [-0.1, -0.05) is 53.3 Å². The first-order valence-electron chi connectivity index (χ1n) is 9.47. The zero-order valence-corrected chi connectivity index (χ0v) is 18.6. The zero-order valence-electron chi connectivity index (χ0n) is 16.1. The molecule has 3 aromatic heterocycles. The molecule has 0 saturated heterocycles. The molecule has 0 spiro atoms. The Morgan fingerprint density at radius 2 is 1.90 bits per heavy atom. The maximum Gasteiger partial charge on any atom is 0.234 e. The molecule has 1 amide bonds. The van der Waals surface area contributed by atoms with Crippen LogP contribution in [-0.2, 0) is 11.2 Å². The summed E-state index contributed by atoms with van der Waals surface area (Å²) in [5, 5.41) is 9.03. The van der Waals surface area contributed by atoms with Crippen LogP contribution in [0.2, 0.25) is 0 Å². The third-order valence-corrected chi connectivity index (χ3v) is 7.49. The number of para-hydroxylation sites is 2. The summed E-state index contributed by atoms with van der Waals surface area (Å²) in [6.45, 7) is 0. The summed E-state index contributed by atoms with van der Waals surface area (Å²) < 4.78 is 7.42. The highest BCUT2D eigenvalue weighted by molar-refractivity contribution is 8.01. The van der Waals surface area contributed by atoms with Gasteiger partial charge in [0, 0.05) is 5.69 Å². The fourth-order valence-electron chi connectivity index (χ4n) is 3.02. The maximum atomic E-state index is 12.6. The van der Waals surface area contributed by atoms with Gasteiger partial charge in [-0.05, 0) is 35.2 Å². The third-order valence-electron chi connectivity index (χ3n) is 4.44. The Hall–Kier alpha value is -3.01. The smallest absolute Gasteiger partial charge is 0.234 e. The molecule has 0 bridgehead atoms. The van der Waals surface area contributed by atoms with E-state index in [1.807, 2.05) is 66.0 Å². The fraction of sp³-hybridized carbons (Fsp3) is 0.0909. The number of rotatable bonds is 7. The lowest BCUT2D eigenvalue weighted by atomic mass is 10.1. The molecule has 5 aromatic rings. The Morgan fingerprint density at radius 3 is 2.77 bits per heavy atom. The van der Waals surface area contributed by atoms with Crippen LogP contribution in [-0.4, -0.2) is 26.8 Å². The first-order chi connectivity index (χ1) is 15.2. The van der Waals surface area contributed by atoms with Gasteiger partial charge < -0.3 is 9.84 Å². The van der Waals surface area contributed by atoms with E-state index in [9.17, 15) is 4.79 Å². The van der Waals surface area contributed by atoms with Crippen LogP contribution in [0.4, 0.5) is 5.69 Å². The van der Waals surface area contributed by atoms with Crippen molar-refractivity contribution in [3.05, 3.63) is 77.5 Å². The topological polar surface area (TPSA) is 80.9 Å². The molecule has 0 atom stereocenters.